The van der Waals surface area contributed by atoms with Crippen LogP contribution in [0.15, 0.2) is 31.2 Å². The van der Waals surface area contributed by atoms with E-state index in [2.05, 4.69) is 21.9 Å². The third-order valence-electron chi connectivity index (χ3n) is 1.37. The Bertz CT molecular complexity index is 238. The van der Waals surface area contributed by atoms with Gasteiger partial charge >= 0.3 is 0 Å². The van der Waals surface area contributed by atoms with E-state index < -0.39 is 0 Å². The predicted octanol–water partition coefficient (Wildman–Crippen LogP) is 1.81. The number of hydrogen-bond donors (Lipinski definition) is 1. The van der Waals surface area contributed by atoms with Crippen molar-refractivity contribution >= 4 is 17.6 Å². The molecule has 1 aromatic heterocycles. The Balaban J connectivity index is 2.10. The summed E-state index contributed by atoms with van der Waals surface area (Å²) in [5.74, 6) is 2.95. The minimum absolute atomic E-state index is 0.884. The van der Waals surface area contributed by atoms with E-state index in [1.165, 1.54) is 0 Å². The monoisotopic (exact) mass is 195 g/mol. The Kier molecular flexibility index (Phi) is 5.01. The van der Waals surface area contributed by atoms with E-state index in [0.29, 0.717) is 0 Å². The molecule has 0 saturated heterocycles. The molecule has 1 N–H and O–H groups in total. The summed E-state index contributed by atoms with van der Waals surface area (Å²) < 4.78 is 0. The molecule has 0 spiro atoms. The second-order valence-corrected chi connectivity index (χ2v) is 3.53. The molecule has 0 unspecified atom stereocenters. The highest BCUT2D eigenvalue weighted by Gasteiger charge is 1.90. The molecule has 0 fully saturated rings. The van der Waals surface area contributed by atoms with E-state index in [9.17, 15) is 0 Å². The summed E-state index contributed by atoms with van der Waals surface area (Å²) >= 11 is 1.85. The molecule has 0 saturated carbocycles. The minimum Gasteiger partial charge on any atom is -0.369 e. The second-order valence-electron chi connectivity index (χ2n) is 2.38. The van der Waals surface area contributed by atoms with Gasteiger partial charge in [0.25, 0.3) is 0 Å². The molecule has 0 aliphatic rings. The lowest BCUT2D eigenvalue weighted by Crippen LogP contribution is -2.05. The summed E-state index contributed by atoms with van der Waals surface area (Å²) in [5, 5.41) is 3.20. The fraction of sp³-hybridized carbons (Fsp3) is 0.333. The van der Waals surface area contributed by atoms with Gasteiger partial charge in [-0.25, -0.2) is 9.97 Å². The lowest BCUT2D eigenvalue weighted by Gasteiger charge is -2.02. The first-order valence-electron chi connectivity index (χ1n) is 4.12. The van der Waals surface area contributed by atoms with Gasteiger partial charge in [-0.1, -0.05) is 6.08 Å². The van der Waals surface area contributed by atoms with Gasteiger partial charge in [-0.05, 0) is 6.07 Å². The van der Waals surface area contributed by atoms with Crippen molar-refractivity contribution in [2.24, 2.45) is 0 Å². The number of thioether (sulfide) groups is 1. The van der Waals surface area contributed by atoms with Crippen LogP contribution in [-0.4, -0.2) is 28.0 Å². The highest BCUT2D eigenvalue weighted by atomic mass is 32.2. The zero-order valence-electron chi connectivity index (χ0n) is 7.44. The van der Waals surface area contributed by atoms with Crippen LogP contribution in [0.25, 0.3) is 0 Å². The molecular weight excluding hydrogens is 182 g/mol. The van der Waals surface area contributed by atoms with Crippen molar-refractivity contribution in [3.05, 3.63) is 31.2 Å². The quantitative estimate of drug-likeness (QED) is 0.555. The number of aromatic nitrogens is 2. The molecule has 0 atom stereocenters. The Labute approximate surface area is 82.7 Å². The van der Waals surface area contributed by atoms with Crippen LogP contribution in [-0.2, 0) is 0 Å². The second kappa shape index (κ2) is 6.48. The summed E-state index contributed by atoms with van der Waals surface area (Å²) in [6, 6.07) is 1.86. The maximum Gasteiger partial charge on any atom is 0.129 e. The Morgan fingerprint density at radius 2 is 2.54 bits per heavy atom. The number of rotatable bonds is 6. The van der Waals surface area contributed by atoms with Crippen LogP contribution < -0.4 is 5.32 Å². The first kappa shape index (κ1) is 10.1. The average Bonchev–Trinajstić information content (AvgIpc) is 2.19. The molecule has 70 valence electrons. The number of nitrogens with one attached hydrogen (secondary N) is 1. The predicted molar refractivity (Wildman–Crippen MR) is 58.0 cm³/mol. The van der Waals surface area contributed by atoms with Crippen molar-refractivity contribution in [1.82, 2.24) is 9.97 Å². The summed E-state index contributed by atoms with van der Waals surface area (Å²) in [6.45, 7) is 4.58. The number of hydrogen-bond acceptors (Lipinski definition) is 4. The summed E-state index contributed by atoms with van der Waals surface area (Å²) in [4.78, 5) is 7.88. The smallest absolute Gasteiger partial charge is 0.129 e. The van der Waals surface area contributed by atoms with E-state index in [1.54, 1.807) is 12.5 Å². The van der Waals surface area contributed by atoms with Crippen LogP contribution >= 0.6 is 11.8 Å². The van der Waals surface area contributed by atoms with Gasteiger partial charge in [0, 0.05) is 24.2 Å². The van der Waals surface area contributed by atoms with Crippen molar-refractivity contribution < 1.29 is 0 Å². The largest absolute Gasteiger partial charge is 0.369 e. The molecule has 3 nitrogen and oxygen atoms in total. The van der Waals surface area contributed by atoms with Crippen molar-refractivity contribution in [2.75, 3.05) is 23.4 Å². The zero-order chi connectivity index (χ0) is 9.36. The van der Waals surface area contributed by atoms with Gasteiger partial charge in [0.15, 0.2) is 0 Å². The molecule has 0 aliphatic carbocycles. The first-order valence-corrected chi connectivity index (χ1v) is 5.27. The molecule has 1 aromatic rings. The topological polar surface area (TPSA) is 37.8 Å². The first-order chi connectivity index (χ1) is 6.43. The van der Waals surface area contributed by atoms with Crippen LogP contribution in [0.3, 0.4) is 0 Å². The SMILES string of the molecule is C=CCSCCNc1ccncn1. The van der Waals surface area contributed by atoms with E-state index in [4.69, 9.17) is 0 Å². The van der Waals surface area contributed by atoms with Gasteiger partial charge in [0.2, 0.25) is 0 Å². The molecule has 13 heavy (non-hydrogen) atoms. The Morgan fingerprint density at radius 1 is 1.62 bits per heavy atom. The van der Waals surface area contributed by atoms with Crippen molar-refractivity contribution in [2.45, 2.75) is 0 Å². The van der Waals surface area contributed by atoms with Gasteiger partial charge in [0.1, 0.15) is 12.1 Å². The fourth-order valence-corrected chi connectivity index (χ4v) is 1.39. The van der Waals surface area contributed by atoms with E-state index in [0.717, 1.165) is 23.9 Å². The third kappa shape index (κ3) is 4.52. The third-order valence-corrected chi connectivity index (χ3v) is 2.33. The van der Waals surface area contributed by atoms with Crippen molar-refractivity contribution in [3.8, 4) is 0 Å². The van der Waals surface area contributed by atoms with E-state index >= 15 is 0 Å². The Hall–Kier alpha value is -1.03. The Morgan fingerprint density at radius 3 is 3.23 bits per heavy atom. The lowest BCUT2D eigenvalue weighted by atomic mass is 10.6. The van der Waals surface area contributed by atoms with Crippen LogP contribution in [0.2, 0.25) is 0 Å². The molecule has 0 bridgehead atoms. The molecule has 0 aliphatic heterocycles. The summed E-state index contributed by atoms with van der Waals surface area (Å²) in [6.07, 6.45) is 5.18. The van der Waals surface area contributed by atoms with Gasteiger partial charge < -0.3 is 5.32 Å². The maximum atomic E-state index is 4.04. The molecule has 0 amide bonds. The fourth-order valence-electron chi connectivity index (χ4n) is 0.813. The van der Waals surface area contributed by atoms with E-state index in [-0.39, 0.29) is 0 Å². The molecule has 1 rings (SSSR count). The van der Waals surface area contributed by atoms with Crippen LogP contribution in [0.1, 0.15) is 0 Å². The zero-order valence-corrected chi connectivity index (χ0v) is 8.26. The molecule has 1 heterocycles. The van der Waals surface area contributed by atoms with Gasteiger partial charge in [-0.2, -0.15) is 11.8 Å². The van der Waals surface area contributed by atoms with Crippen molar-refractivity contribution in [1.29, 1.82) is 0 Å². The highest BCUT2D eigenvalue weighted by molar-refractivity contribution is 7.99. The summed E-state index contributed by atoms with van der Waals surface area (Å²) in [7, 11) is 0. The number of nitrogens with zero attached hydrogens (tertiary/aromatic N) is 2. The minimum atomic E-state index is 0.884. The van der Waals surface area contributed by atoms with Crippen molar-refractivity contribution in [3.63, 3.8) is 0 Å². The van der Waals surface area contributed by atoms with Crippen LogP contribution in [0.5, 0.6) is 0 Å². The lowest BCUT2D eigenvalue weighted by molar-refractivity contribution is 1.12. The average molecular weight is 195 g/mol. The van der Waals surface area contributed by atoms with Crippen LogP contribution in [0, 0.1) is 0 Å². The molecule has 0 radical (unpaired) electrons. The molecule has 4 heteroatoms. The van der Waals surface area contributed by atoms with E-state index in [1.807, 2.05) is 23.9 Å². The van der Waals surface area contributed by atoms with Gasteiger partial charge in [-0.3, -0.25) is 0 Å². The normalized spacial score (nSPS) is 9.54. The summed E-state index contributed by atoms with van der Waals surface area (Å²) in [5.41, 5.74) is 0. The molecular formula is C9H13N3S. The van der Waals surface area contributed by atoms with Gasteiger partial charge in [-0.15, -0.1) is 6.58 Å². The number of anilines is 1. The van der Waals surface area contributed by atoms with Crippen LogP contribution in [0.4, 0.5) is 5.82 Å². The molecule has 0 aromatic carbocycles. The van der Waals surface area contributed by atoms with Gasteiger partial charge in [0.05, 0.1) is 0 Å². The maximum absolute atomic E-state index is 4.04. The highest BCUT2D eigenvalue weighted by Crippen LogP contribution is 2.01. The standard InChI is InChI=1S/C9H13N3S/c1-2-6-13-7-5-11-9-3-4-10-8-12-9/h2-4,8H,1,5-7H2,(H,10,11,12).